The number of imidazole rings is 1. The van der Waals surface area contributed by atoms with E-state index in [4.69, 9.17) is 4.74 Å². The van der Waals surface area contributed by atoms with Gasteiger partial charge in [-0.3, -0.25) is 0 Å². The van der Waals surface area contributed by atoms with E-state index in [-0.39, 0.29) is 5.82 Å². The second kappa shape index (κ2) is 7.17. The number of nitrogens with one attached hydrogen (secondary N) is 1. The van der Waals surface area contributed by atoms with Crippen molar-refractivity contribution in [3.05, 3.63) is 53.4 Å². The average Bonchev–Trinajstić information content (AvgIpc) is 2.85. The molecule has 0 spiro atoms. The molecular weight excluding hydrogens is 257 g/mol. The van der Waals surface area contributed by atoms with Crippen molar-refractivity contribution in [3.63, 3.8) is 0 Å². The van der Waals surface area contributed by atoms with E-state index in [2.05, 4.69) is 14.9 Å². The van der Waals surface area contributed by atoms with Crippen molar-refractivity contribution in [2.45, 2.75) is 20.0 Å². The van der Waals surface area contributed by atoms with Gasteiger partial charge in [-0.25, -0.2) is 9.37 Å². The highest BCUT2D eigenvalue weighted by Crippen LogP contribution is 2.12. The summed E-state index contributed by atoms with van der Waals surface area (Å²) in [5.74, 6) is 0.767. The molecule has 0 bridgehead atoms. The van der Waals surface area contributed by atoms with E-state index in [1.54, 1.807) is 19.4 Å². The lowest BCUT2D eigenvalue weighted by Crippen LogP contribution is -2.21. The fourth-order valence-corrected chi connectivity index (χ4v) is 2.05. The molecular formula is C15H20FN3O. The molecule has 0 fully saturated rings. The van der Waals surface area contributed by atoms with E-state index in [1.807, 2.05) is 19.2 Å². The maximum Gasteiger partial charge on any atom is 0.123 e. The smallest absolute Gasteiger partial charge is 0.123 e. The zero-order valence-electron chi connectivity index (χ0n) is 11.9. The van der Waals surface area contributed by atoms with Crippen LogP contribution in [0.25, 0.3) is 0 Å². The van der Waals surface area contributed by atoms with Crippen LogP contribution in [-0.4, -0.2) is 29.8 Å². The van der Waals surface area contributed by atoms with Crippen LogP contribution in [-0.2, 0) is 17.8 Å². The number of aromatic nitrogens is 2. The molecule has 20 heavy (non-hydrogen) atoms. The van der Waals surface area contributed by atoms with Crippen LogP contribution in [0.15, 0.2) is 30.6 Å². The average molecular weight is 277 g/mol. The molecule has 0 aliphatic rings. The number of rotatable bonds is 7. The Bertz CT molecular complexity index is 554. The number of methoxy groups -OCH3 is 1. The molecule has 1 heterocycles. The topological polar surface area (TPSA) is 39.1 Å². The highest BCUT2D eigenvalue weighted by molar-refractivity contribution is 5.27. The minimum Gasteiger partial charge on any atom is -0.383 e. The third kappa shape index (κ3) is 3.88. The standard InChI is InChI=1S/C15H20FN3O/c1-12-9-14(16)4-3-13(12)11-19-7-5-18-15(19)10-17-6-8-20-2/h3-5,7,9,17H,6,8,10-11H2,1-2H3. The zero-order chi connectivity index (χ0) is 14.4. The summed E-state index contributed by atoms with van der Waals surface area (Å²) in [7, 11) is 1.68. The summed E-state index contributed by atoms with van der Waals surface area (Å²) in [5.41, 5.74) is 2.06. The molecule has 0 aliphatic heterocycles. The maximum absolute atomic E-state index is 13.1. The molecule has 4 nitrogen and oxygen atoms in total. The van der Waals surface area contributed by atoms with E-state index < -0.39 is 0 Å². The number of nitrogens with zero attached hydrogens (tertiary/aromatic N) is 2. The summed E-state index contributed by atoms with van der Waals surface area (Å²) in [6, 6.07) is 4.88. The molecule has 2 rings (SSSR count). The Hall–Kier alpha value is -1.72. The van der Waals surface area contributed by atoms with Crippen LogP contribution < -0.4 is 5.32 Å². The first kappa shape index (κ1) is 14.7. The van der Waals surface area contributed by atoms with Crippen molar-refractivity contribution in [2.24, 2.45) is 0 Å². The SMILES string of the molecule is COCCNCc1nccn1Cc1ccc(F)cc1C. The first-order valence-electron chi connectivity index (χ1n) is 6.65. The van der Waals surface area contributed by atoms with Crippen molar-refractivity contribution >= 4 is 0 Å². The van der Waals surface area contributed by atoms with Crippen LogP contribution in [0.1, 0.15) is 17.0 Å². The van der Waals surface area contributed by atoms with Crippen LogP contribution >= 0.6 is 0 Å². The van der Waals surface area contributed by atoms with Gasteiger partial charge >= 0.3 is 0 Å². The Morgan fingerprint density at radius 3 is 3.00 bits per heavy atom. The first-order chi connectivity index (χ1) is 9.70. The zero-order valence-corrected chi connectivity index (χ0v) is 11.9. The number of hydrogen-bond acceptors (Lipinski definition) is 3. The van der Waals surface area contributed by atoms with Crippen molar-refractivity contribution in [1.29, 1.82) is 0 Å². The third-order valence-electron chi connectivity index (χ3n) is 3.21. The molecule has 2 aromatic rings. The minimum absolute atomic E-state index is 0.196. The Labute approximate surface area is 118 Å². The van der Waals surface area contributed by atoms with Crippen molar-refractivity contribution in [2.75, 3.05) is 20.3 Å². The van der Waals surface area contributed by atoms with Crippen LogP contribution in [0, 0.1) is 12.7 Å². The second-order valence-electron chi connectivity index (χ2n) is 4.71. The summed E-state index contributed by atoms with van der Waals surface area (Å²) in [6.45, 7) is 4.78. The molecule has 0 atom stereocenters. The van der Waals surface area contributed by atoms with Crippen molar-refractivity contribution < 1.29 is 9.13 Å². The van der Waals surface area contributed by atoms with Crippen molar-refractivity contribution in [3.8, 4) is 0 Å². The lowest BCUT2D eigenvalue weighted by Gasteiger charge is -2.11. The van der Waals surface area contributed by atoms with Gasteiger partial charge in [0.1, 0.15) is 11.6 Å². The molecule has 1 aromatic heterocycles. The third-order valence-corrected chi connectivity index (χ3v) is 3.21. The quantitative estimate of drug-likeness (QED) is 0.788. The minimum atomic E-state index is -0.196. The van der Waals surface area contributed by atoms with Gasteiger partial charge in [-0.2, -0.15) is 0 Å². The Morgan fingerprint density at radius 2 is 2.25 bits per heavy atom. The van der Waals surface area contributed by atoms with E-state index in [1.165, 1.54) is 6.07 Å². The van der Waals surface area contributed by atoms with E-state index >= 15 is 0 Å². The molecule has 0 saturated heterocycles. The number of aryl methyl sites for hydroxylation is 1. The number of ether oxygens (including phenoxy) is 1. The largest absolute Gasteiger partial charge is 0.383 e. The fourth-order valence-electron chi connectivity index (χ4n) is 2.05. The van der Waals surface area contributed by atoms with Gasteiger partial charge in [-0.05, 0) is 30.2 Å². The van der Waals surface area contributed by atoms with Crippen molar-refractivity contribution in [1.82, 2.24) is 14.9 Å². The summed E-state index contributed by atoms with van der Waals surface area (Å²) in [4.78, 5) is 4.34. The lowest BCUT2D eigenvalue weighted by atomic mass is 10.1. The lowest BCUT2D eigenvalue weighted by molar-refractivity contribution is 0.199. The predicted molar refractivity (Wildman–Crippen MR) is 76.0 cm³/mol. The predicted octanol–water partition coefficient (Wildman–Crippen LogP) is 2.11. The Kier molecular flexibility index (Phi) is 5.26. The fraction of sp³-hybridized carbons (Fsp3) is 0.400. The van der Waals surface area contributed by atoms with E-state index in [9.17, 15) is 4.39 Å². The van der Waals surface area contributed by atoms with E-state index in [0.29, 0.717) is 19.7 Å². The molecule has 0 aliphatic carbocycles. The summed E-state index contributed by atoms with van der Waals surface area (Å²) in [6.07, 6.45) is 3.72. The van der Waals surface area contributed by atoms with Crippen LogP contribution in [0.5, 0.6) is 0 Å². The molecule has 5 heteroatoms. The number of hydrogen-bond donors (Lipinski definition) is 1. The molecule has 0 radical (unpaired) electrons. The Balaban J connectivity index is 2.01. The second-order valence-corrected chi connectivity index (χ2v) is 4.71. The van der Waals surface area contributed by atoms with Crippen LogP contribution in [0.4, 0.5) is 4.39 Å². The van der Waals surface area contributed by atoms with Gasteiger partial charge in [-0.15, -0.1) is 0 Å². The molecule has 0 unspecified atom stereocenters. The van der Waals surface area contributed by atoms with Gasteiger partial charge in [0.15, 0.2) is 0 Å². The summed E-state index contributed by atoms with van der Waals surface area (Å²) < 4.78 is 20.2. The summed E-state index contributed by atoms with van der Waals surface area (Å²) >= 11 is 0. The first-order valence-corrected chi connectivity index (χ1v) is 6.65. The van der Waals surface area contributed by atoms with E-state index in [0.717, 1.165) is 23.5 Å². The Morgan fingerprint density at radius 1 is 1.40 bits per heavy atom. The van der Waals surface area contributed by atoms with Crippen LogP contribution in [0.3, 0.4) is 0 Å². The van der Waals surface area contributed by atoms with Gasteiger partial charge in [0.25, 0.3) is 0 Å². The number of benzene rings is 1. The highest BCUT2D eigenvalue weighted by atomic mass is 19.1. The van der Waals surface area contributed by atoms with Gasteiger partial charge in [-0.1, -0.05) is 6.07 Å². The molecule has 108 valence electrons. The van der Waals surface area contributed by atoms with Crippen LogP contribution in [0.2, 0.25) is 0 Å². The molecule has 1 aromatic carbocycles. The maximum atomic E-state index is 13.1. The van der Waals surface area contributed by atoms with Gasteiger partial charge < -0.3 is 14.6 Å². The molecule has 0 amide bonds. The van der Waals surface area contributed by atoms with Gasteiger partial charge in [0, 0.05) is 32.6 Å². The molecule has 0 saturated carbocycles. The number of halogens is 1. The monoisotopic (exact) mass is 277 g/mol. The molecule has 1 N–H and O–H groups in total. The van der Waals surface area contributed by atoms with Gasteiger partial charge in [0.05, 0.1) is 13.2 Å². The normalized spacial score (nSPS) is 10.9. The van der Waals surface area contributed by atoms with Gasteiger partial charge in [0.2, 0.25) is 0 Å². The summed E-state index contributed by atoms with van der Waals surface area (Å²) in [5, 5.41) is 3.27. The highest BCUT2D eigenvalue weighted by Gasteiger charge is 2.05.